The number of rotatable bonds is 3. The third-order valence-corrected chi connectivity index (χ3v) is 4.42. The molecule has 1 amide bonds. The molecule has 0 saturated carbocycles. The van der Waals surface area contributed by atoms with Crippen LogP contribution in [-0.2, 0) is 0 Å². The molecule has 0 aliphatic heterocycles. The number of ether oxygens (including phenoxy) is 1. The summed E-state index contributed by atoms with van der Waals surface area (Å²) in [4.78, 5) is 12.4. The van der Waals surface area contributed by atoms with Crippen LogP contribution in [0.5, 0.6) is 5.75 Å². The third-order valence-electron chi connectivity index (χ3n) is 4.09. The van der Waals surface area contributed by atoms with Crippen molar-refractivity contribution < 1.29 is 13.9 Å². The SMILES string of the molecule is C#CC(=N)NC(=O)c1ccc2c(c1)C(c1c(F)cccc1OC)=C=CC=C2Cl. The van der Waals surface area contributed by atoms with Gasteiger partial charge in [-0.3, -0.25) is 15.5 Å². The van der Waals surface area contributed by atoms with Crippen LogP contribution in [0.15, 0.2) is 54.3 Å². The number of fused-ring (bicyclic) bond motifs is 1. The molecule has 6 heteroatoms. The molecule has 0 atom stereocenters. The highest BCUT2D eigenvalue weighted by molar-refractivity contribution is 6.49. The van der Waals surface area contributed by atoms with E-state index in [1.54, 1.807) is 42.5 Å². The smallest absolute Gasteiger partial charge is 0.257 e. The Balaban J connectivity index is 2.21. The van der Waals surface area contributed by atoms with Crippen molar-refractivity contribution in [2.45, 2.75) is 0 Å². The van der Waals surface area contributed by atoms with Gasteiger partial charge in [-0.15, -0.1) is 12.2 Å². The van der Waals surface area contributed by atoms with E-state index in [4.69, 9.17) is 28.2 Å². The quantitative estimate of drug-likeness (QED) is 0.353. The lowest BCUT2D eigenvalue weighted by molar-refractivity contribution is 0.0977. The summed E-state index contributed by atoms with van der Waals surface area (Å²) >= 11 is 6.35. The lowest BCUT2D eigenvalue weighted by atomic mass is 9.92. The molecule has 3 rings (SSSR count). The van der Waals surface area contributed by atoms with Gasteiger partial charge in [0.05, 0.1) is 12.7 Å². The van der Waals surface area contributed by atoms with Gasteiger partial charge in [0.25, 0.3) is 5.91 Å². The minimum absolute atomic E-state index is 0.205. The van der Waals surface area contributed by atoms with Gasteiger partial charge >= 0.3 is 0 Å². The summed E-state index contributed by atoms with van der Waals surface area (Å²) < 4.78 is 20.0. The summed E-state index contributed by atoms with van der Waals surface area (Å²) in [6.45, 7) is 0. The average Bonchev–Trinajstić information content (AvgIpc) is 2.86. The Bertz CT molecular complexity index is 1140. The second-order valence-corrected chi connectivity index (χ2v) is 6.16. The van der Waals surface area contributed by atoms with Crippen LogP contribution in [0, 0.1) is 23.6 Å². The molecular formula is C22H14ClFN2O2. The summed E-state index contributed by atoms with van der Waals surface area (Å²) in [6, 6.07) is 9.25. The van der Waals surface area contributed by atoms with E-state index in [9.17, 15) is 9.18 Å². The van der Waals surface area contributed by atoms with Crippen LogP contribution in [0.4, 0.5) is 4.39 Å². The summed E-state index contributed by atoms with van der Waals surface area (Å²) in [5.41, 5.74) is 4.95. The highest BCUT2D eigenvalue weighted by Gasteiger charge is 2.22. The van der Waals surface area contributed by atoms with Crippen LogP contribution in [-0.4, -0.2) is 18.9 Å². The Kier molecular flexibility index (Phi) is 5.47. The van der Waals surface area contributed by atoms with Crippen LogP contribution < -0.4 is 10.1 Å². The Morgan fingerprint density at radius 1 is 1.32 bits per heavy atom. The van der Waals surface area contributed by atoms with Gasteiger partial charge < -0.3 is 4.74 Å². The first kappa shape index (κ1) is 19.2. The van der Waals surface area contributed by atoms with E-state index in [0.717, 1.165) is 0 Å². The van der Waals surface area contributed by atoms with Gasteiger partial charge in [0.15, 0.2) is 5.84 Å². The van der Waals surface area contributed by atoms with Crippen molar-refractivity contribution in [1.82, 2.24) is 5.32 Å². The van der Waals surface area contributed by atoms with E-state index in [0.29, 0.717) is 27.5 Å². The van der Waals surface area contributed by atoms with Gasteiger partial charge in [-0.1, -0.05) is 23.7 Å². The number of amidine groups is 1. The first-order valence-corrected chi connectivity index (χ1v) is 8.50. The zero-order valence-electron chi connectivity index (χ0n) is 14.8. The van der Waals surface area contributed by atoms with E-state index in [1.165, 1.54) is 13.2 Å². The summed E-state index contributed by atoms with van der Waals surface area (Å²) in [7, 11) is 1.45. The lowest BCUT2D eigenvalue weighted by Crippen LogP contribution is -2.28. The van der Waals surface area contributed by atoms with Crippen LogP contribution in [0.3, 0.4) is 0 Å². The zero-order chi connectivity index (χ0) is 20.3. The normalized spacial score (nSPS) is 12.1. The first-order chi connectivity index (χ1) is 13.5. The number of terminal acetylenes is 1. The molecule has 0 aromatic heterocycles. The molecule has 0 fully saturated rings. The monoisotopic (exact) mass is 392 g/mol. The lowest BCUT2D eigenvalue weighted by Gasteiger charge is -2.15. The molecular weight excluding hydrogens is 379 g/mol. The van der Waals surface area contributed by atoms with Gasteiger partial charge in [-0.2, -0.15) is 0 Å². The molecule has 138 valence electrons. The highest BCUT2D eigenvalue weighted by atomic mass is 35.5. The number of halogens is 2. The Labute approximate surface area is 166 Å². The van der Waals surface area contributed by atoms with Crippen molar-refractivity contribution in [3.05, 3.63) is 82.4 Å². The molecule has 0 unspecified atom stereocenters. The van der Waals surface area contributed by atoms with Gasteiger partial charge in [0.2, 0.25) is 0 Å². The maximum absolute atomic E-state index is 14.7. The fourth-order valence-electron chi connectivity index (χ4n) is 2.81. The largest absolute Gasteiger partial charge is 0.496 e. The van der Waals surface area contributed by atoms with E-state index >= 15 is 0 Å². The summed E-state index contributed by atoms with van der Waals surface area (Å²) in [5, 5.41) is 10.1. The van der Waals surface area contributed by atoms with Crippen molar-refractivity contribution in [1.29, 1.82) is 5.41 Å². The molecule has 2 aromatic carbocycles. The van der Waals surface area contributed by atoms with Crippen LogP contribution >= 0.6 is 11.6 Å². The molecule has 0 saturated heterocycles. The van der Waals surface area contributed by atoms with Gasteiger partial charge in [-0.25, -0.2) is 4.39 Å². The van der Waals surface area contributed by atoms with Crippen molar-refractivity contribution >= 4 is 33.9 Å². The molecule has 2 N–H and O–H groups in total. The first-order valence-electron chi connectivity index (χ1n) is 8.13. The zero-order valence-corrected chi connectivity index (χ0v) is 15.5. The van der Waals surface area contributed by atoms with Gasteiger partial charge in [-0.05, 0) is 47.9 Å². The Morgan fingerprint density at radius 2 is 2.11 bits per heavy atom. The number of carbonyl (C=O) groups is 1. The number of hydrogen-bond acceptors (Lipinski definition) is 3. The van der Waals surface area contributed by atoms with Crippen molar-refractivity contribution in [3.8, 4) is 18.1 Å². The molecule has 4 nitrogen and oxygen atoms in total. The topological polar surface area (TPSA) is 62.2 Å². The summed E-state index contributed by atoms with van der Waals surface area (Å²) in [5.74, 6) is 0.947. The minimum Gasteiger partial charge on any atom is -0.496 e. The van der Waals surface area contributed by atoms with Crippen LogP contribution in [0.2, 0.25) is 0 Å². The van der Waals surface area contributed by atoms with Crippen molar-refractivity contribution in [3.63, 3.8) is 0 Å². The second kappa shape index (κ2) is 7.98. The maximum Gasteiger partial charge on any atom is 0.257 e. The average molecular weight is 393 g/mol. The Morgan fingerprint density at radius 3 is 2.82 bits per heavy atom. The fourth-order valence-corrected chi connectivity index (χ4v) is 3.04. The predicted octanol–water partition coefficient (Wildman–Crippen LogP) is 4.35. The molecule has 1 aliphatic rings. The number of benzene rings is 2. The van der Waals surface area contributed by atoms with Crippen molar-refractivity contribution in [2.24, 2.45) is 0 Å². The molecule has 0 heterocycles. The number of hydrogen-bond donors (Lipinski definition) is 2. The third kappa shape index (κ3) is 3.60. The standard InChI is InChI=1S/C22H14ClFN2O2/c1-3-20(25)26-22(27)13-10-11-14-16(12-13)15(6-4-7-17(14)23)21-18(24)8-5-9-19(21)28-2/h1,4-5,7-12H,2H3,(H2,25,26,27). The number of amides is 1. The molecule has 0 radical (unpaired) electrons. The Hall–Kier alpha value is -3.58. The molecule has 2 aromatic rings. The fraction of sp³-hybridized carbons (Fsp3) is 0.0455. The van der Waals surface area contributed by atoms with E-state index in [2.05, 4.69) is 11.0 Å². The van der Waals surface area contributed by atoms with Gasteiger partial charge in [0.1, 0.15) is 11.6 Å². The molecule has 0 spiro atoms. The van der Waals surface area contributed by atoms with E-state index in [1.807, 2.05) is 5.92 Å². The van der Waals surface area contributed by atoms with Crippen molar-refractivity contribution in [2.75, 3.05) is 7.11 Å². The molecule has 0 bridgehead atoms. The van der Waals surface area contributed by atoms with E-state index in [-0.39, 0.29) is 17.0 Å². The number of methoxy groups -OCH3 is 1. The second-order valence-electron chi connectivity index (χ2n) is 5.75. The van der Waals surface area contributed by atoms with Crippen LogP contribution in [0.1, 0.15) is 27.0 Å². The maximum atomic E-state index is 14.7. The number of allylic oxidation sites excluding steroid dienone is 2. The summed E-state index contributed by atoms with van der Waals surface area (Å²) in [6.07, 6.45) is 8.32. The molecule has 1 aliphatic carbocycles. The van der Waals surface area contributed by atoms with E-state index < -0.39 is 11.7 Å². The minimum atomic E-state index is -0.557. The van der Waals surface area contributed by atoms with Gasteiger partial charge in [0, 0.05) is 21.7 Å². The number of nitrogens with one attached hydrogen (secondary N) is 2. The van der Waals surface area contributed by atoms with Crippen LogP contribution in [0.25, 0.3) is 10.6 Å². The predicted molar refractivity (Wildman–Crippen MR) is 108 cm³/mol. The highest BCUT2D eigenvalue weighted by Crippen LogP contribution is 2.38. The number of carbonyl (C=O) groups excluding carboxylic acids is 1. The molecule has 28 heavy (non-hydrogen) atoms.